The second-order valence-electron chi connectivity index (χ2n) is 12.3. The summed E-state index contributed by atoms with van der Waals surface area (Å²) >= 11 is 0. The minimum absolute atomic E-state index is 0.134. The fourth-order valence-electron chi connectivity index (χ4n) is 6.30. The number of unbranched alkanes of at least 4 members (excludes halogenated alkanes) is 1. The normalized spacial score (nSPS) is 18.9. The summed E-state index contributed by atoms with van der Waals surface area (Å²) in [4.78, 5) is 24.0. The summed E-state index contributed by atoms with van der Waals surface area (Å²) in [6.07, 6.45) is -6.29. The van der Waals surface area contributed by atoms with Crippen LogP contribution in [0.3, 0.4) is 0 Å². The van der Waals surface area contributed by atoms with Crippen molar-refractivity contribution in [3.8, 4) is 11.5 Å². The molecule has 0 aliphatic carbocycles. The van der Waals surface area contributed by atoms with Gasteiger partial charge in [0.25, 0.3) is 0 Å². The zero-order chi connectivity index (χ0) is 37.6. The number of ether oxygens (including phenoxy) is 4. The van der Waals surface area contributed by atoms with Crippen LogP contribution in [0.2, 0.25) is 0 Å². The highest BCUT2D eigenvalue weighted by Gasteiger charge is 2.47. The second kappa shape index (κ2) is 16.2. The minimum atomic E-state index is -4.93. The molecule has 1 aliphatic heterocycles. The smallest absolute Gasteiger partial charge is 0.471 e. The van der Waals surface area contributed by atoms with Crippen LogP contribution >= 0.6 is 0 Å². The molecule has 0 spiro atoms. The van der Waals surface area contributed by atoms with Crippen LogP contribution in [0, 0.1) is 0 Å². The fraction of sp³-hybridized carbons (Fsp3) is 0.351. The van der Waals surface area contributed by atoms with Gasteiger partial charge in [0.1, 0.15) is 41.7 Å². The Labute approximate surface area is 302 Å². The third-order valence-corrected chi connectivity index (χ3v) is 9.05. The van der Waals surface area contributed by atoms with Crippen LogP contribution in [0.4, 0.5) is 19.0 Å². The number of aliphatic hydroxyl groups is 2. The van der Waals surface area contributed by atoms with Gasteiger partial charge in [-0.05, 0) is 53.8 Å². The van der Waals surface area contributed by atoms with Crippen molar-refractivity contribution in [3.05, 3.63) is 108 Å². The lowest BCUT2D eigenvalue weighted by Crippen LogP contribution is -2.39. The van der Waals surface area contributed by atoms with Crippen molar-refractivity contribution in [1.29, 1.82) is 0 Å². The zero-order valence-electron chi connectivity index (χ0n) is 28.9. The van der Waals surface area contributed by atoms with Crippen molar-refractivity contribution in [1.82, 2.24) is 24.8 Å². The van der Waals surface area contributed by atoms with Crippen LogP contribution in [0.5, 0.6) is 11.5 Å². The molecule has 0 bridgehead atoms. The SMILES string of the molecule is COc1ccc(C(OC[C@H]2O[C@@H](n3cnc4c(NCCCCNC(=O)C(F)(F)F)ncnc43)[C@H](O)[C@@H]2O)(c2ccccc2)c2ccc(OC)cc2)cc1. The molecule has 280 valence electrons. The molecule has 0 radical (unpaired) electrons. The molecule has 0 unspecified atom stereocenters. The third-order valence-electron chi connectivity index (χ3n) is 9.05. The maximum Gasteiger partial charge on any atom is 0.471 e. The number of benzene rings is 3. The topological polar surface area (TPSA) is 162 Å². The predicted octanol–water partition coefficient (Wildman–Crippen LogP) is 4.34. The molecule has 1 amide bonds. The van der Waals surface area contributed by atoms with E-state index in [0.717, 1.165) is 16.7 Å². The minimum Gasteiger partial charge on any atom is -0.497 e. The molecule has 6 rings (SSSR count). The average Bonchev–Trinajstić information content (AvgIpc) is 3.73. The van der Waals surface area contributed by atoms with Crippen molar-refractivity contribution in [2.24, 2.45) is 0 Å². The summed E-state index contributed by atoms with van der Waals surface area (Å²) in [6.45, 7) is 0.0528. The van der Waals surface area contributed by atoms with Crippen LogP contribution in [-0.4, -0.2) is 94.0 Å². The Kier molecular flexibility index (Phi) is 11.4. The molecule has 1 aliphatic rings. The highest BCUT2D eigenvalue weighted by atomic mass is 19.4. The standard InChI is InChI=1S/C37H39F3N6O7/c1-50-26-14-10-24(11-15-26)36(23-8-4-3-5-9-23,25-12-16-27(51-2)17-13-25)52-20-28-30(47)31(48)34(53-28)46-22-45-29-32(43-21-44-33(29)46)41-18-6-7-19-42-35(49)37(38,39)40/h3-5,8-17,21-22,28,30-31,34,47-48H,6-7,18-20H2,1-2H3,(H,42,49)(H,41,43,44)/t28-,30-,31-,34-/m1/s1. The number of rotatable bonds is 15. The number of carbonyl (C=O) groups excluding carboxylic acids is 1. The average molecular weight is 737 g/mol. The summed E-state index contributed by atoms with van der Waals surface area (Å²) in [5.41, 5.74) is 1.84. The van der Waals surface area contributed by atoms with Crippen LogP contribution in [0.15, 0.2) is 91.5 Å². The number of anilines is 1. The highest BCUT2D eigenvalue weighted by Crippen LogP contribution is 2.43. The van der Waals surface area contributed by atoms with E-state index in [2.05, 4.69) is 20.3 Å². The predicted molar refractivity (Wildman–Crippen MR) is 186 cm³/mol. The largest absolute Gasteiger partial charge is 0.497 e. The number of methoxy groups -OCH3 is 2. The van der Waals surface area contributed by atoms with Gasteiger partial charge >= 0.3 is 12.1 Å². The van der Waals surface area contributed by atoms with E-state index in [4.69, 9.17) is 18.9 Å². The maximum absolute atomic E-state index is 12.4. The Morgan fingerprint density at radius 3 is 2.04 bits per heavy atom. The molecule has 3 aromatic carbocycles. The number of alkyl halides is 3. The Morgan fingerprint density at radius 1 is 0.830 bits per heavy atom. The van der Waals surface area contributed by atoms with Crippen LogP contribution in [-0.2, 0) is 19.9 Å². The maximum atomic E-state index is 12.4. The number of nitrogens with one attached hydrogen (secondary N) is 2. The van der Waals surface area contributed by atoms with Crippen molar-refractivity contribution >= 4 is 22.9 Å². The first kappa shape index (κ1) is 37.5. The van der Waals surface area contributed by atoms with E-state index < -0.39 is 42.2 Å². The number of hydrogen-bond donors (Lipinski definition) is 4. The van der Waals surface area contributed by atoms with Crippen LogP contribution < -0.4 is 20.1 Å². The lowest BCUT2D eigenvalue weighted by molar-refractivity contribution is -0.173. The van der Waals surface area contributed by atoms with E-state index in [1.54, 1.807) is 14.2 Å². The summed E-state index contributed by atoms with van der Waals surface area (Å²) in [6, 6.07) is 24.6. The third kappa shape index (κ3) is 7.90. The zero-order valence-corrected chi connectivity index (χ0v) is 28.9. The number of carbonyl (C=O) groups is 1. The van der Waals surface area contributed by atoms with Gasteiger partial charge in [-0.25, -0.2) is 15.0 Å². The Balaban J connectivity index is 1.21. The van der Waals surface area contributed by atoms with E-state index in [9.17, 15) is 28.2 Å². The molecule has 1 fully saturated rings. The number of halogens is 3. The van der Waals surface area contributed by atoms with E-state index >= 15 is 0 Å². The fourth-order valence-corrected chi connectivity index (χ4v) is 6.30. The van der Waals surface area contributed by atoms with Gasteiger partial charge < -0.3 is 39.8 Å². The van der Waals surface area contributed by atoms with Gasteiger partial charge in [-0.15, -0.1) is 0 Å². The van der Waals surface area contributed by atoms with Crippen LogP contribution in [0.1, 0.15) is 35.8 Å². The Hall–Kier alpha value is -5.29. The molecule has 2 aromatic heterocycles. The second-order valence-corrected chi connectivity index (χ2v) is 12.3. The first-order valence-corrected chi connectivity index (χ1v) is 16.8. The first-order valence-electron chi connectivity index (χ1n) is 16.8. The molecule has 13 nitrogen and oxygen atoms in total. The number of hydrogen-bond acceptors (Lipinski definition) is 11. The van der Waals surface area contributed by atoms with E-state index in [0.29, 0.717) is 47.9 Å². The van der Waals surface area contributed by atoms with Gasteiger partial charge in [0, 0.05) is 13.1 Å². The number of aliphatic hydroxyl groups excluding tert-OH is 2. The van der Waals surface area contributed by atoms with Crippen molar-refractivity contribution < 1.29 is 47.1 Å². The number of imidazole rings is 1. The number of nitrogens with zero attached hydrogens (tertiary/aromatic N) is 4. The lowest BCUT2D eigenvalue weighted by atomic mass is 9.80. The molecule has 16 heteroatoms. The highest BCUT2D eigenvalue weighted by molar-refractivity contribution is 5.83. The van der Waals surface area contributed by atoms with Gasteiger partial charge in [-0.1, -0.05) is 54.6 Å². The van der Waals surface area contributed by atoms with E-state index in [1.165, 1.54) is 17.2 Å². The Bertz CT molecular complexity index is 1910. The Morgan fingerprint density at radius 2 is 1.43 bits per heavy atom. The van der Waals surface area contributed by atoms with Gasteiger partial charge in [0.05, 0.1) is 27.2 Å². The number of aromatic nitrogens is 4. The van der Waals surface area contributed by atoms with Gasteiger partial charge in [-0.3, -0.25) is 9.36 Å². The van der Waals surface area contributed by atoms with Crippen molar-refractivity contribution in [2.75, 3.05) is 39.2 Å². The van der Waals surface area contributed by atoms with Gasteiger partial charge in [0.15, 0.2) is 23.2 Å². The summed E-state index contributed by atoms with van der Waals surface area (Å²) in [7, 11) is 3.18. The molecule has 3 heterocycles. The van der Waals surface area contributed by atoms with E-state index in [-0.39, 0.29) is 13.2 Å². The summed E-state index contributed by atoms with van der Waals surface area (Å²) in [5, 5.41) is 27.5. The quantitative estimate of drug-likeness (QED) is 0.0894. The van der Waals surface area contributed by atoms with Gasteiger partial charge in [0.2, 0.25) is 0 Å². The number of amides is 1. The lowest BCUT2D eigenvalue weighted by Gasteiger charge is -2.37. The number of fused-ring (bicyclic) bond motifs is 1. The monoisotopic (exact) mass is 736 g/mol. The van der Waals surface area contributed by atoms with Crippen molar-refractivity contribution in [3.63, 3.8) is 0 Å². The molecular formula is C37H39F3N6O7. The molecular weight excluding hydrogens is 697 g/mol. The van der Waals surface area contributed by atoms with E-state index in [1.807, 2.05) is 84.2 Å². The molecule has 0 saturated carbocycles. The van der Waals surface area contributed by atoms with Gasteiger partial charge in [-0.2, -0.15) is 13.2 Å². The van der Waals surface area contributed by atoms with Crippen molar-refractivity contribution in [2.45, 2.75) is 49.2 Å². The summed E-state index contributed by atoms with van der Waals surface area (Å²) < 4.78 is 62.7. The first-order chi connectivity index (χ1) is 25.6. The summed E-state index contributed by atoms with van der Waals surface area (Å²) in [5.74, 6) is -0.299. The molecule has 5 aromatic rings. The molecule has 4 atom stereocenters. The van der Waals surface area contributed by atoms with Crippen LogP contribution in [0.25, 0.3) is 11.2 Å². The molecule has 53 heavy (non-hydrogen) atoms. The molecule has 4 N–H and O–H groups in total. The molecule has 1 saturated heterocycles.